The van der Waals surface area contributed by atoms with Gasteiger partial charge in [0.2, 0.25) is 0 Å². The predicted octanol–water partition coefficient (Wildman–Crippen LogP) is -0.155. The number of hydrogen-bond donors (Lipinski definition) is 2. The van der Waals surface area contributed by atoms with Crippen molar-refractivity contribution in [2.45, 2.75) is 6.42 Å². The van der Waals surface area contributed by atoms with E-state index in [-0.39, 0.29) is 0 Å². The Morgan fingerprint density at radius 1 is 1.75 bits per heavy atom. The Morgan fingerprint density at radius 3 is 3.12 bits per heavy atom. The molecule has 2 N–H and O–H groups in total. The summed E-state index contributed by atoms with van der Waals surface area (Å²) in [5.41, 5.74) is 6.04. The molecule has 1 heterocycles. The zero-order valence-corrected chi connectivity index (χ0v) is 4.85. The van der Waals surface area contributed by atoms with Gasteiger partial charge in [-0.25, -0.2) is 5.43 Å². The maximum Gasteiger partial charge on any atom is 0.0350 e. The SMILES string of the molecule is C=CNN1CCCN1. The summed E-state index contributed by atoms with van der Waals surface area (Å²) < 4.78 is 0. The van der Waals surface area contributed by atoms with Gasteiger partial charge >= 0.3 is 0 Å². The molecule has 1 aliphatic heterocycles. The molecule has 0 amide bonds. The van der Waals surface area contributed by atoms with E-state index in [0.717, 1.165) is 13.1 Å². The van der Waals surface area contributed by atoms with Gasteiger partial charge < -0.3 is 5.43 Å². The number of nitrogens with one attached hydrogen (secondary N) is 2. The van der Waals surface area contributed by atoms with Crippen LogP contribution in [0.15, 0.2) is 12.8 Å². The molecule has 0 aromatic rings. The third-order valence-corrected chi connectivity index (χ3v) is 1.11. The first-order chi connectivity index (χ1) is 3.93. The zero-order chi connectivity index (χ0) is 5.82. The highest BCUT2D eigenvalue weighted by Crippen LogP contribution is 1.89. The van der Waals surface area contributed by atoms with Crippen LogP contribution in [0.25, 0.3) is 0 Å². The molecule has 0 radical (unpaired) electrons. The fourth-order valence-electron chi connectivity index (χ4n) is 0.751. The van der Waals surface area contributed by atoms with Crippen LogP contribution < -0.4 is 10.9 Å². The molecule has 0 atom stereocenters. The van der Waals surface area contributed by atoms with E-state index >= 15 is 0 Å². The topological polar surface area (TPSA) is 27.3 Å². The Bertz CT molecular complexity index is 75.7. The Morgan fingerprint density at radius 2 is 2.62 bits per heavy atom. The molecule has 1 rings (SSSR count). The van der Waals surface area contributed by atoms with Crippen LogP contribution in [-0.2, 0) is 0 Å². The van der Waals surface area contributed by atoms with Crippen molar-refractivity contribution in [2.75, 3.05) is 13.1 Å². The van der Waals surface area contributed by atoms with Crippen LogP contribution in [0.5, 0.6) is 0 Å². The van der Waals surface area contributed by atoms with E-state index in [1.54, 1.807) is 6.20 Å². The molecule has 0 unspecified atom stereocenters. The number of nitrogens with zero attached hydrogens (tertiary/aromatic N) is 1. The number of hydrogen-bond acceptors (Lipinski definition) is 3. The van der Waals surface area contributed by atoms with Crippen LogP contribution in [0, 0.1) is 0 Å². The van der Waals surface area contributed by atoms with Crippen LogP contribution >= 0.6 is 0 Å². The minimum atomic E-state index is 1.06. The number of hydrazine groups is 2. The van der Waals surface area contributed by atoms with Gasteiger partial charge in [-0.1, -0.05) is 6.58 Å². The largest absolute Gasteiger partial charge is 0.314 e. The Hall–Kier alpha value is -0.540. The summed E-state index contributed by atoms with van der Waals surface area (Å²) in [7, 11) is 0. The standard InChI is InChI=1S/C5H11N3/c1-2-6-8-5-3-4-7-8/h2,6-7H,1,3-5H2. The highest BCUT2D eigenvalue weighted by atomic mass is 15.7. The van der Waals surface area contributed by atoms with E-state index in [1.807, 2.05) is 5.12 Å². The van der Waals surface area contributed by atoms with Crippen molar-refractivity contribution >= 4 is 0 Å². The van der Waals surface area contributed by atoms with Crippen molar-refractivity contribution in [3.05, 3.63) is 12.8 Å². The van der Waals surface area contributed by atoms with Crippen LogP contribution in [0.3, 0.4) is 0 Å². The molecule has 0 saturated carbocycles. The van der Waals surface area contributed by atoms with Crippen molar-refractivity contribution in [1.82, 2.24) is 16.0 Å². The van der Waals surface area contributed by atoms with Crippen LogP contribution in [-0.4, -0.2) is 18.2 Å². The fraction of sp³-hybridized carbons (Fsp3) is 0.600. The molecule has 3 nitrogen and oxygen atoms in total. The van der Waals surface area contributed by atoms with E-state index in [9.17, 15) is 0 Å². The lowest BCUT2D eigenvalue weighted by atomic mass is 10.5. The van der Waals surface area contributed by atoms with Gasteiger partial charge in [-0.05, 0) is 6.42 Å². The van der Waals surface area contributed by atoms with Crippen LogP contribution in [0.2, 0.25) is 0 Å². The minimum Gasteiger partial charge on any atom is -0.314 e. The molecule has 0 aromatic carbocycles. The second-order valence-corrected chi connectivity index (χ2v) is 1.75. The minimum absolute atomic E-state index is 1.06. The third kappa shape index (κ3) is 1.21. The summed E-state index contributed by atoms with van der Waals surface area (Å²) >= 11 is 0. The Balaban J connectivity index is 2.14. The highest BCUT2D eigenvalue weighted by molar-refractivity contribution is 4.64. The normalized spacial score (nSPS) is 21.0. The molecular weight excluding hydrogens is 102 g/mol. The molecule has 0 aliphatic carbocycles. The first kappa shape index (κ1) is 5.59. The first-order valence-electron chi connectivity index (χ1n) is 2.81. The third-order valence-electron chi connectivity index (χ3n) is 1.11. The monoisotopic (exact) mass is 113 g/mol. The van der Waals surface area contributed by atoms with E-state index in [4.69, 9.17) is 0 Å². The highest BCUT2D eigenvalue weighted by Gasteiger charge is 2.06. The van der Waals surface area contributed by atoms with Gasteiger partial charge in [-0.15, -0.1) is 0 Å². The van der Waals surface area contributed by atoms with Crippen LogP contribution in [0.4, 0.5) is 0 Å². The zero-order valence-electron chi connectivity index (χ0n) is 4.85. The molecule has 46 valence electrons. The Labute approximate surface area is 49.3 Å². The second kappa shape index (κ2) is 2.69. The van der Waals surface area contributed by atoms with Gasteiger partial charge in [-0.2, -0.15) is 5.12 Å². The lowest BCUT2D eigenvalue weighted by Crippen LogP contribution is -2.39. The fourth-order valence-corrected chi connectivity index (χ4v) is 0.751. The van der Waals surface area contributed by atoms with Gasteiger partial charge in [0.05, 0.1) is 0 Å². The summed E-state index contributed by atoms with van der Waals surface area (Å²) in [6.07, 6.45) is 2.87. The first-order valence-corrected chi connectivity index (χ1v) is 2.81. The van der Waals surface area contributed by atoms with E-state index < -0.39 is 0 Å². The van der Waals surface area contributed by atoms with Gasteiger partial charge in [0.15, 0.2) is 0 Å². The maximum absolute atomic E-state index is 3.53. The molecule has 1 aliphatic rings. The average molecular weight is 113 g/mol. The average Bonchev–Trinajstić information content (AvgIpc) is 2.19. The van der Waals surface area contributed by atoms with E-state index in [1.165, 1.54) is 6.42 Å². The molecule has 1 fully saturated rings. The summed E-state index contributed by atoms with van der Waals surface area (Å²) in [6, 6.07) is 0. The van der Waals surface area contributed by atoms with E-state index in [2.05, 4.69) is 17.4 Å². The van der Waals surface area contributed by atoms with Crippen molar-refractivity contribution in [2.24, 2.45) is 0 Å². The van der Waals surface area contributed by atoms with Gasteiger partial charge in [0.1, 0.15) is 0 Å². The molecule has 0 spiro atoms. The van der Waals surface area contributed by atoms with E-state index in [0.29, 0.717) is 0 Å². The summed E-state index contributed by atoms with van der Waals surface area (Å²) in [6.45, 7) is 5.66. The maximum atomic E-state index is 3.53. The van der Waals surface area contributed by atoms with Gasteiger partial charge in [-0.3, -0.25) is 0 Å². The summed E-state index contributed by atoms with van der Waals surface area (Å²) in [5, 5.41) is 1.92. The van der Waals surface area contributed by atoms with Crippen molar-refractivity contribution in [3.63, 3.8) is 0 Å². The van der Waals surface area contributed by atoms with Crippen molar-refractivity contribution in [1.29, 1.82) is 0 Å². The second-order valence-electron chi connectivity index (χ2n) is 1.75. The molecule has 0 bridgehead atoms. The Kier molecular flexibility index (Phi) is 1.88. The van der Waals surface area contributed by atoms with Crippen LogP contribution in [0.1, 0.15) is 6.42 Å². The smallest absolute Gasteiger partial charge is 0.0350 e. The molecule has 8 heavy (non-hydrogen) atoms. The molecular formula is C5H11N3. The van der Waals surface area contributed by atoms with Crippen molar-refractivity contribution in [3.8, 4) is 0 Å². The quantitative estimate of drug-likeness (QED) is 0.521. The molecule has 0 aromatic heterocycles. The number of rotatable bonds is 2. The summed E-state index contributed by atoms with van der Waals surface area (Å²) in [5.74, 6) is 0. The lowest BCUT2D eigenvalue weighted by molar-refractivity contribution is 0.199. The lowest BCUT2D eigenvalue weighted by Gasteiger charge is -2.12. The molecule has 3 heteroatoms. The van der Waals surface area contributed by atoms with Crippen molar-refractivity contribution < 1.29 is 0 Å². The predicted molar refractivity (Wildman–Crippen MR) is 32.7 cm³/mol. The molecule has 1 saturated heterocycles. The van der Waals surface area contributed by atoms with Gasteiger partial charge in [0, 0.05) is 19.3 Å². The summed E-state index contributed by atoms with van der Waals surface area (Å²) in [4.78, 5) is 0. The van der Waals surface area contributed by atoms with Gasteiger partial charge in [0.25, 0.3) is 0 Å².